The number of nitrogens with zero attached hydrogens (tertiary/aromatic N) is 2. The molecule has 1 atom stereocenters. The van der Waals surface area contributed by atoms with Crippen molar-refractivity contribution in [3.05, 3.63) is 54.4 Å². The normalized spacial score (nSPS) is 16.9. The Bertz CT molecular complexity index is 907. The van der Waals surface area contributed by atoms with E-state index in [0.717, 1.165) is 28.0 Å². The molecule has 1 saturated heterocycles. The Labute approximate surface area is 150 Å². The van der Waals surface area contributed by atoms with E-state index in [1.165, 1.54) is 0 Å². The average molecular weight is 353 g/mol. The van der Waals surface area contributed by atoms with Crippen LogP contribution in [0.3, 0.4) is 0 Å². The summed E-state index contributed by atoms with van der Waals surface area (Å²) in [5.41, 5.74) is 3.48. The number of H-pyrrole nitrogens is 1. The number of hydrogen-bond acceptors (Lipinski definition) is 5. The zero-order valence-corrected chi connectivity index (χ0v) is 14.3. The van der Waals surface area contributed by atoms with E-state index in [2.05, 4.69) is 9.97 Å². The molecule has 134 valence electrons. The smallest absolute Gasteiger partial charge is 0.415 e. The van der Waals surface area contributed by atoms with Gasteiger partial charge in [0, 0.05) is 7.11 Å². The van der Waals surface area contributed by atoms with Crippen molar-refractivity contribution in [2.24, 2.45) is 0 Å². The van der Waals surface area contributed by atoms with Crippen LogP contribution in [0.15, 0.2) is 48.8 Å². The molecule has 0 spiro atoms. The number of hydrogen-bond donors (Lipinski definition) is 1. The summed E-state index contributed by atoms with van der Waals surface area (Å²) in [7, 11) is 1.64. The Morgan fingerprint density at radius 2 is 2.08 bits per heavy atom. The highest BCUT2D eigenvalue weighted by atomic mass is 16.6. The summed E-state index contributed by atoms with van der Waals surface area (Å²) in [6, 6.07) is 13.2. The Hall–Kier alpha value is -3.06. The van der Waals surface area contributed by atoms with Crippen molar-refractivity contribution in [1.29, 1.82) is 0 Å². The van der Waals surface area contributed by atoms with Crippen LogP contribution in [0.1, 0.15) is 11.6 Å². The molecule has 1 N–H and O–H groups in total. The molecule has 1 amide bonds. The summed E-state index contributed by atoms with van der Waals surface area (Å²) in [6.45, 7) is 1.34. The lowest BCUT2D eigenvalue weighted by Gasteiger charge is -2.22. The number of anilines is 1. The van der Waals surface area contributed by atoms with E-state index in [4.69, 9.17) is 14.2 Å². The molecule has 1 fully saturated rings. The molecule has 2 aromatic carbocycles. The number of methoxy groups -OCH3 is 1. The number of carbonyl (C=O) groups is 1. The number of nitrogens with one attached hydrogen (secondary N) is 1. The summed E-state index contributed by atoms with van der Waals surface area (Å²) in [5, 5.41) is 0. The summed E-state index contributed by atoms with van der Waals surface area (Å²) in [4.78, 5) is 21.3. The highest BCUT2D eigenvalue weighted by Gasteiger charge is 2.35. The van der Waals surface area contributed by atoms with Crippen molar-refractivity contribution < 1.29 is 19.0 Å². The van der Waals surface area contributed by atoms with Crippen LogP contribution in [0.5, 0.6) is 5.75 Å². The number of aromatic amines is 1. The van der Waals surface area contributed by atoms with E-state index >= 15 is 0 Å². The second-order valence-corrected chi connectivity index (χ2v) is 5.98. The lowest BCUT2D eigenvalue weighted by Crippen LogP contribution is -2.27. The van der Waals surface area contributed by atoms with E-state index in [1.54, 1.807) is 18.3 Å². The quantitative estimate of drug-likeness (QED) is 0.688. The van der Waals surface area contributed by atoms with Crippen LogP contribution < -0.4 is 9.64 Å². The third kappa shape index (κ3) is 3.09. The van der Waals surface area contributed by atoms with Gasteiger partial charge in [0.25, 0.3) is 0 Å². The van der Waals surface area contributed by atoms with Crippen LogP contribution in [0.25, 0.3) is 11.0 Å². The van der Waals surface area contributed by atoms with Crippen molar-refractivity contribution in [3.8, 4) is 5.75 Å². The maximum absolute atomic E-state index is 12.3. The van der Waals surface area contributed by atoms with Gasteiger partial charge < -0.3 is 19.2 Å². The number of carbonyl (C=O) groups excluding carboxylic acids is 1. The molecule has 0 bridgehead atoms. The number of benzene rings is 2. The number of imidazole rings is 1. The van der Waals surface area contributed by atoms with Crippen molar-refractivity contribution >= 4 is 22.8 Å². The standard InChI is InChI=1S/C19H19N3O4/c1-24-8-9-25-15-5-2-13(3-6-15)18-11-26-19(23)22(18)14-4-7-16-17(10-14)21-12-20-16/h2-7,10,12,18H,8-9,11H2,1H3,(H,20,21)/t18-/m1/s1. The first-order valence-electron chi connectivity index (χ1n) is 8.37. The fourth-order valence-corrected chi connectivity index (χ4v) is 3.05. The Morgan fingerprint density at radius 3 is 2.88 bits per heavy atom. The van der Waals surface area contributed by atoms with Gasteiger partial charge in [-0.15, -0.1) is 0 Å². The van der Waals surface area contributed by atoms with Gasteiger partial charge >= 0.3 is 6.09 Å². The number of rotatable bonds is 6. The summed E-state index contributed by atoms with van der Waals surface area (Å²) in [5.74, 6) is 0.764. The molecular formula is C19H19N3O4. The molecule has 0 saturated carbocycles. The number of amides is 1. The SMILES string of the molecule is COCCOc1ccc([C@H]2COC(=O)N2c2ccc3[nH]cnc3c2)cc1. The van der Waals surface area contributed by atoms with E-state index in [0.29, 0.717) is 19.8 Å². The summed E-state index contributed by atoms with van der Waals surface area (Å²) < 4.78 is 15.9. The van der Waals surface area contributed by atoms with Gasteiger partial charge in [0.05, 0.1) is 35.7 Å². The minimum absolute atomic E-state index is 0.188. The van der Waals surface area contributed by atoms with Gasteiger partial charge in [-0.2, -0.15) is 0 Å². The van der Waals surface area contributed by atoms with Gasteiger partial charge in [0.15, 0.2) is 0 Å². The van der Waals surface area contributed by atoms with Crippen LogP contribution in [-0.2, 0) is 9.47 Å². The molecule has 0 aliphatic carbocycles. The predicted molar refractivity (Wildman–Crippen MR) is 96.5 cm³/mol. The molecule has 1 aliphatic rings. The van der Waals surface area contributed by atoms with E-state index in [1.807, 2.05) is 42.5 Å². The molecule has 0 unspecified atom stereocenters. The summed E-state index contributed by atoms with van der Waals surface area (Å²) in [6.07, 6.45) is 1.28. The zero-order chi connectivity index (χ0) is 17.9. The van der Waals surface area contributed by atoms with Crippen LogP contribution >= 0.6 is 0 Å². The number of aromatic nitrogens is 2. The molecule has 4 rings (SSSR count). The van der Waals surface area contributed by atoms with Crippen molar-refractivity contribution in [3.63, 3.8) is 0 Å². The molecular weight excluding hydrogens is 334 g/mol. The van der Waals surface area contributed by atoms with Crippen LogP contribution in [0.4, 0.5) is 10.5 Å². The maximum Gasteiger partial charge on any atom is 0.415 e. The molecule has 0 radical (unpaired) electrons. The highest BCUT2D eigenvalue weighted by Crippen LogP contribution is 2.34. The van der Waals surface area contributed by atoms with Crippen LogP contribution in [0.2, 0.25) is 0 Å². The molecule has 2 heterocycles. The highest BCUT2D eigenvalue weighted by molar-refractivity contribution is 5.93. The molecule has 7 heteroatoms. The maximum atomic E-state index is 12.3. The topological polar surface area (TPSA) is 76.7 Å². The van der Waals surface area contributed by atoms with Gasteiger partial charge in [-0.3, -0.25) is 4.90 Å². The van der Waals surface area contributed by atoms with Gasteiger partial charge in [0.1, 0.15) is 19.0 Å². The lowest BCUT2D eigenvalue weighted by molar-refractivity contribution is 0.146. The van der Waals surface area contributed by atoms with E-state index in [9.17, 15) is 4.79 Å². The third-order valence-corrected chi connectivity index (χ3v) is 4.38. The average Bonchev–Trinajstić information content (AvgIpc) is 3.28. The molecule has 7 nitrogen and oxygen atoms in total. The van der Waals surface area contributed by atoms with Gasteiger partial charge in [-0.1, -0.05) is 12.1 Å². The minimum atomic E-state index is -0.356. The molecule has 26 heavy (non-hydrogen) atoms. The minimum Gasteiger partial charge on any atom is -0.491 e. The Morgan fingerprint density at radius 1 is 1.23 bits per heavy atom. The van der Waals surface area contributed by atoms with Crippen LogP contribution in [0, 0.1) is 0 Å². The first kappa shape index (κ1) is 16.4. The first-order chi connectivity index (χ1) is 12.8. The first-order valence-corrected chi connectivity index (χ1v) is 8.37. The monoisotopic (exact) mass is 353 g/mol. The molecule has 3 aromatic rings. The van der Waals surface area contributed by atoms with Gasteiger partial charge in [-0.05, 0) is 35.9 Å². The summed E-state index contributed by atoms with van der Waals surface area (Å²) >= 11 is 0. The molecule has 1 aliphatic heterocycles. The second kappa shape index (κ2) is 7.05. The van der Waals surface area contributed by atoms with E-state index in [-0.39, 0.29) is 12.1 Å². The largest absolute Gasteiger partial charge is 0.491 e. The van der Waals surface area contributed by atoms with Gasteiger partial charge in [-0.25, -0.2) is 9.78 Å². The van der Waals surface area contributed by atoms with Crippen molar-refractivity contribution in [1.82, 2.24) is 9.97 Å². The van der Waals surface area contributed by atoms with E-state index < -0.39 is 0 Å². The fourth-order valence-electron chi connectivity index (χ4n) is 3.05. The third-order valence-electron chi connectivity index (χ3n) is 4.38. The second-order valence-electron chi connectivity index (χ2n) is 5.98. The number of cyclic esters (lactones) is 1. The lowest BCUT2D eigenvalue weighted by atomic mass is 10.1. The fraction of sp³-hybridized carbons (Fsp3) is 0.263. The number of ether oxygens (including phenoxy) is 3. The Balaban J connectivity index is 1.57. The van der Waals surface area contributed by atoms with Crippen molar-refractivity contribution in [2.75, 3.05) is 31.8 Å². The predicted octanol–water partition coefficient (Wildman–Crippen LogP) is 3.29. The Kier molecular flexibility index (Phi) is 4.45. The van der Waals surface area contributed by atoms with Crippen molar-refractivity contribution in [2.45, 2.75) is 6.04 Å². The van der Waals surface area contributed by atoms with Crippen LogP contribution in [-0.4, -0.2) is 43.0 Å². The van der Waals surface area contributed by atoms with Gasteiger partial charge in [0.2, 0.25) is 0 Å². The number of fused-ring (bicyclic) bond motifs is 1. The zero-order valence-electron chi connectivity index (χ0n) is 14.3. The molecule has 1 aromatic heterocycles.